The summed E-state index contributed by atoms with van der Waals surface area (Å²) < 4.78 is 10.5. The SMILES string of the molecule is COc1ccc(/C=C2\N=C(SCC(=O)N(C)Cc3ccco3)N(Cc3ccccc3)C2=O)cc1. The van der Waals surface area contributed by atoms with Crippen LogP contribution >= 0.6 is 11.8 Å². The minimum Gasteiger partial charge on any atom is -0.497 e. The van der Waals surface area contributed by atoms with Crippen LogP contribution in [0, 0.1) is 0 Å². The highest BCUT2D eigenvalue weighted by molar-refractivity contribution is 8.14. The van der Waals surface area contributed by atoms with E-state index in [0.29, 0.717) is 29.7 Å². The van der Waals surface area contributed by atoms with Gasteiger partial charge in [-0.1, -0.05) is 54.2 Å². The third kappa shape index (κ3) is 5.77. The molecule has 3 aromatic rings. The third-order valence-electron chi connectivity index (χ3n) is 5.24. The standard InChI is InChI=1S/C26H25N3O4S/c1-28(17-22-9-6-14-33-22)24(30)18-34-26-27-23(15-19-10-12-21(32-2)13-11-19)25(31)29(26)16-20-7-4-3-5-8-20/h3-15H,16-18H2,1-2H3/b23-15-. The maximum absolute atomic E-state index is 13.2. The van der Waals surface area contributed by atoms with Crippen LogP contribution in [0.3, 0.4) is 0 Å². The third-order valence-corrected chi connectivity index (χ3v) is 6.20. The molecular weight excluding hydrogens is 450 g/mol. The van der Waals surface area contributed by atoms with Gasteiger partial charge in [-0.15, -0.1) is 0 Å². The molecule has 2 heterocycles. The molecule has 2 amide bonds. The quantitative estimate of drug-likeness (QED) is 0.451. The number of methoxy groups -OCH3 is 1. The average Bonchev–Trinajstić information content (AvgIpc) is 3.47. The number of ether oxygens (including phenoxy) is 1. The first-order valence-electron chi connectivity index (χ1n) is 10.7. The Hall–Kier alpha value is -3.78. The second kappa shape index (κ2) is 10.9. The van der Waals surface area contributed by atoms with Gasteiger partial charge in [0.05, 0.1) is 32.2 Å². The zero-order valence-electron chi connectivity index (χ0n) is 19.0. The van der Waals surface area contributed by atoms with Crippen molar-refractivity contribution < 1.29 is 18.7 Å². The summed E-state index contributed by atoms with van der Waals surface area (Å²) in [4.78, 5) is 33.7. The smallest absolute Gasteiger partial charge is 0.278 e. The number of carbonyl (C=O) groups is 2. The minimum absolute atomic E-state index is 0.0798. The molecule has 0 aliphatic carbocycles. The molecule has 2 aromatic carbocycles. The Labute approximate surface area is 202 Å². The van der Waals surface area contributed by atoms with E-state index in [-0.39, 0.29) is 17.6 Å². The maximum Gasteiger partial charge on any atom is 0.278 e. The van der Waals surface area contributed by atoms with Gasteiger partial charge in [0.15, 0.2) is 5.17 Å². The van der Waals surface area contributed by atoms with E-state index >= 15 is 0 Å². The van der Waals surface area contributed by atoms with Gasteiger partial charge in [0.25, 0.3) is 5.91 Å². The van der Waals surface area contributed by atoms with Crippen molar-refractivity contribution in [1.29, 1.82) is 0 Å². The van der Waals surface area contributed by atoms with Gasteiger partial charge in [-0.25, -0.2) is 4.99 Å². The molecule has 0 saturated heterocycles. The Morgan fingerprint density at radius 1 is 1.12 bits per heavy atom. The Bertz CT molecular complexity index is 1190. The van der Waals surface area contributed by atoms with Gasteiger partial charge < -0.3 is 14.1 Å². The number of furan rings is 1. The number of amidine groups is 1. The van der Waals surface area contributed by atoms with Crippen molar-refractivity contribution >= 4 is 34.8 Å². The molecule has 0 atom stereocenters. The van der Waals surface area contributed by atoms with E-state index in [2.05, 4.69) is 4.99 Å². The molecule has 0 bridgehead atoms. The van der Waals surface area contributed by atoms with Crippen molar-refractivity contribution in [3.8, 4) is 5.75 Å². The zero-order valence-corrected chi connectivity index (χ0v) is 19.8. The summed E-state index contributed by atoms with van der Waals surface area (Å²) in [5, 5.41) is 0.508. The summed E-state index contributed by atoms with van der Waals surface area (Å²) in [5.41, 5.74) is 2.16. The molecule has 0 unspecified atom stereocenters. The molecule has 1 aliphatic heterocycles. The van der Waals surface area contributed by atoms with E-state index in [1.807, 2.05) is 60.7 Å². The molecular formula is C26H25N3O4S. The second-order valence-corrected chi connectivity index (χ2v) is 8.63. The Kier molecular flexibility index (Phi) is 7.49. The molecule has 0 N–H and O–H groups in total. The van der Waals surface area contributed by atoms with Crippen molar-refractivity contribution in [2.45, 2.75) is 13.1 Å². The number of nitrogens with zero attached hydrogens (tertiary/aromatic N) is 3. The molecule has 174 valence electrons. The summed E-state index contributed by atoms with van der Waals surface area (Å²) in [6.07, 6.45) is 3.33. The number of carbonyl (C=O) groups excluding carboxylic acids is 2. The lowest BCUT2D eigenvalue weighted by atomic mass is 10.1. The van der Waals surface area contributed by atoms with Crippen LogP contribution in [-0.2, 0) is 22.7 Å². The lowest BCUT2D eigenvalue weighted by molar-refractivity contribution is -0.128. The Morgan fingerprint density at radius 3 is 2.56 bits per heavy atom. The first-order valence-corrected chi connectivity index (χ1v) is 11.7. The fourth-order valence-corrected chi connectivity index (χ4v) is 4.30. The number of benzene rings is 2. The predicted molar refractivity (Wildman–Crippen MR) is 133 cm³/mol. The molecule has 1 aliphatic rings. The van der Waals surface area contributed by atoms with Crippen molar-refractivity contribution in [2.75, 3.05) is 19.9 Å². The lowest BCUT2D eigenvalue weighted by Gasteiger charge is -2.19. The summed E-state index contributed by atoms with van der Waals surface area (Å²) in [5.74, 6) is 1.33. The predicted octanol–water partition coefficient (Wildman–Crippen LogP) is 4.42. The van der Waals surface area contributed by atoms with E-state index in [9.17, 15) is 9.59 Å². The van der Waals surface area contributed by atoms with Crippen LogP contribution in [0.5, 0.6) is 5.75 Å². The summed E-state index contributed by atoms with van der Waals surface area (Å²) in [7, 11) is 3.33. The highest BCUT2D eigenvalue weighted by atomic mass is 32.2. The Morgan fingerprint density at radius 2 is 1.88 bits per heavy atom. The molecule has 0 radical (unpaired) electrons. The molecule has 7 nitrogen and oxygen atoms in total. The fourth-order valence-electron chi connectivity index (χ4n) is 3.36. The van der Waals surface area contributed by atoms with E-state index in [1.165, 1.54) is 11.8 Å². The van der Waals surface area contributed by atoms with Crippen molar-refractivity contribution in [3.63, 3.8) is 0 Å². The number of amides is 2. The molecule has 34 heavy (non-hydrogen) atoms. The van der Waals surface area contributed by atoms with E-state index in [1.54, 1.807) is 42.4 Å². The number of hydrogen-bond donors (Lipinski definition) is 0. The molecule has 0 fully saturated rings. The minimum atomic E-state index is -0.196. The number of hydrogen-bond acceptors (Lipinski definition) is 6. The molecule has 4 rings (SSSR count). The summed E-state index contributed by atoms with van der Waals surface area (Å²) >= 11 is 1.26. The number of thioether (sulfide) groups is 1. The van der Waals surface area contributed by atoms with Crippen LogP contribution in [0.4, 0.5) is 0 Å². The van der Waals surface area contributed by atoms with Crippen molar-refractivity contribution in [3.05, 3.63) is 95.6 Å². The van der Waals surface area contributed by atoms with Gasteiger partial charge in [0, 0.05) is 7.05 Å². The molecule has 1 aromatic heterocycles. The highest BCUT2D eigenvalue weighted by Crippen LogP contribution is 2.26. The van der Waals surface area contributed by atoms with Crippen LogP contribution in [-0.4, -0.2) is 46.7 Å². The molecule has 0 saturated carbocycles. The van der Waals surface area contributed by atoms with E-state index in [0.717, 1.165) is 16.9 Å². The normalized spacial score (nSPS) is 14.4. The number of aliphatic imine (C=N–C) groups is 1. The van der Waals surface area contributed by atoms with Crippen molar-refractivity contribution in [1.82, 2.24) is 9.80 Å². The van der Waals surface area contributed by atoms with Gasteiger partial charge in [-0.05, 0) is 41.5 Å². The molecule has 0 spiro atoms. The van der Waals surface area contributed by atoms with E-state index in [4.69, 9.17) is 9.15 Å². The highest BCUT2D eigenvalue weighted by Gasteiger charge is 2.31. The zero-order chi connectivity index (χ0) is 23.9. The molecule has 8 heteroatoms. The van der Waals surface area contributed by atoms with Gasteiger partial charge in [0.1, 0.15) is 17.2 Å². The van der Waals surface area contributed by atoms with Gasteiger partial charge >= 0.3 is 0 Å². The summed E-state index contributed by atoms with van der Waals surface area (Å²) in [6, 6.07) is 20.7. The van der Waals surface area contributed by atoms with Crippen LogP contribution in [0.15, 0.2) is 88.1 Å². The topological polar surface area (TPSA) is 75.3 Å². The fraction of sp³-hybridized carbons (Fsp3) is 0.192. The van der Waals surface area contributed by atoms with Crippen molar-refractivity contribution in [2.24, 2.45) is 4.99 Å². The van der Waals surface area contributed by atoms with E-state index < -0.39 is 0 Å². The Balaban J connectivity index is 1.51. The average molecular weight is 476 g/mol. The van der Waals surface area contributed by atoms with Crippen LogP contribution in [0.2, 0.25) is 0 Å². The largest absolute Gasteiger partial charge is 0.497 e. The first kappa shape index (κ1) is 23.4. The summed E-state index contributed by atoms with van der Waals surface area (Å²) in [6.45, 7) is 0.760. The van der Waals surface area contributed by atoms with Gasteiger partial charge in [0.2, 0.25) is 5.91 Å². The lowest BCUT2D eigenvalue weighted by Crippen LogP contribution is -2.32. The first-order chi connectivity index (χ1) is 16.5. The van der Waals surface area contributed by atoms with Crippen LogP contribution < -0.4 is 4.74 Å². The monoisotopic (exact) mass is 475 g/mol. The number of rotatable bonds is 8. The van der Waals surface area contributed by atoms with Crippen LogP contribution in [0.1, 0.15) is 16.9 Å². The van der Waals surface area contributed by atoms with Gasteiger partial charge in [-0.3, -0.25) is 14.5 Å². The van der Waals surface area contributed by atoms with Gasteiger partial charge in [-0.2, -0.15) is 0 Å². The van der Waals surface area contributed by atoms with Crippen LogP contribution in [0.25, 0.3) is 6.08 Å². The second-order valence-electron chi connectivity index (χ2n) is 7.69. The maximum atomic E-state index is 13.2.